The second-order valence-electron chi connectivity index (χ2n) is 2.34. The van der Waals surface area contributed by atoms with E-state index in [1.807, 2.05) is 13.2 Å². The Balaban J connectivity index is 3.54. The second-order valence-corrected chi connectivity index (χ2v) is 3.21. The summed E-state index contributed by atoms with van der Waals surface area (Å²) in [7, 11) is 0. The van der Waals surface area contributed by atoms with Crippen molar-refractivity contribution >= 4 is 17.7 Å². The van der Waals surface area contributed by atoms with E-state index in [1.165, 1.54) is 11.8 Å². The quantitative estimate of drug-likeness (QED) is 0.629. The van der Waals surface area contributed by atoms with Gasteiger partial charge in [-0.1, -0.05) is 6.92 Å². The Bertz CT molecular complexity index is 115. The minimum Gasteiger partial charge on any atom is -0.351 e. The highest BCUT2D eigenvalue weighted by Gasteiger charge is 2.06. The SMILES string of the molecule is CCC(CN)NC(=O)CSC. The third-order valence-corrected chi connectivity index (χ3v) is 1.97. The van der Waals surface area contributed by atoms with Gasteiger partial charge >= 0.3 is 0 Å². The first-order valence-corrected chi connectivity index (χ1v) is 5.12. The van der Waals surface area contributed by atoms with Crippen LogP contribution in [0.1, 0.15) is 13.3 Å². The van der Waals surface area contributed by atoms with E-state index in [-0.39, 0.29) is 11.9 Å². The van der Waals surface area contributed by atoms with Crippen molar-refractivity contribution in [1.82, 2.24) is 5.32 Å². The Kier molecular flexibility index (Phi) is 6.36. The molecule has 0 radical (unpaired) electrons. The largest absolute Gasteiger partial charge is 0.351 e. The van der Waals surface area contributed by atoms with Crippen molar-refractivity contribution in [3.63, 3.8) is 0 Å². The summed E-state index contributed by atoms with van der Waals surface area (Å²) in [6.45, 7) is 2.54. The lowest BCUT2D eigenvalue weighted by Crippen LogP contribution is -2.40. The maximum absolute atomic E-state index is 11.0. The molecule has 0 bridgehead atoms. The third kappa shape index (κ3) is 5.09. The van der Waals surface area contributed by atoms with E-state index in [9.17, 15) is 4.79 Å². The van der Waals surface area contributed by atoms with Crippen LogP contribution < -0.4 is 11.1 Å². The average Bonchev–Trinajstić information content (AvgIpc) is 2.01. The summed E-state index contributed by atoms with van der Waals surface area (Å²) >= 11 is 1.52. The highest BCUT2D eigenvalue weighted by Crippen LogP contribution is 1.92. The van der Waals surface area contributed by atoms with Gasteiger partial charge in [0.05, 0.1) is 5.75 Å². The fourth-order valence-corrected chi connectivity index (χ4v) is 1.07. The van der Waals surface area contributed by atoms with Gasteiger partial charge in [-0.25, -0.2) is 0 Å². The molecule has 11 heavy (non-hydrogen) atoms. The average molecular weight is 176 g/mol. The predicted octanol–water partition coefficient (Wildman–Crippen LogP) is 0.203. The van der Waals surface area contributed by atoms with Crippen LogP contribution in [-0.4, -0.2) is 30.5 Å². The summed E-state index contributed by atoms with van der Waals surface area (Å²) in [4.78, 5) is 11.0. The summed E-state index contributed by atoms with van der Waals surface area (Å²) in [6, 6.07) is 0.148. The molecule has 0 aromatic heterocycles. The normalized spacial score (nSPS) is 12.6. The van der Waals surface area contributed by atoms with Crippen molar-refractivity contribution in [2.45, 2.75) is 19.4 Å². The van der Waals surface area contributed by atoms with Crippen molar-refractivity contribution in [2.24, 2.45) is 5.73 Å². The van der Waals surface area contributed by atoms with E-state index >= 15 is 0 Å². The Morgan fingerprint density at radius 2 is 2.36 bits per heavy atom. The summed E-state index contributed by atoms with van der Waals surface area (Å²) in [5, 5.41) is 2.83. The van der Waals surface area contributed by atoms with E-state index in [0.717, 1.165) is 6.42 Å². The highest BCUT2D eigenvalue weighted by atomic mass is 32.2. The smallest absolute Gasteiger partial charge is 0.230 e. The van der Waals surface area contributed by atoms with Gasteiger partial charge in [0.15, 0.2) is 0 Å². The molecule has 0 rings (SSSR count). The molecule has 4 heteroatoms. The number of nitrogens with two attached hydrogens (primary N) is 1. The Morgan fingerprint density at radius 1 is 1.73 bits per heavy atom. The van der Waals surface area contributed by atoms with Crippen LogP contribution in [0.5, 0.6) is 0 Å². The van der Waals surface area contributed by atoms with Crippen LogP contribution in [0.15, 0.2) is 0 Å². The van der Waals surface area contributed by atoms with Crippen LogP contribution in [-0.2, 0) is 4.79 Å². The zero-order chi connectivity index (χ0) is 8.69. The second kappa shape index (κ2) is 6.49. The van der Waals surface area contributed by atoms with Gasteiger partial charge in [-0.2, -0.15) is 11.8 Å². The fraction of sp³-hybridized carbons (Fsp3) is 0.857. The number of hydrogen-bond acceptors (Lipinski definition) is 3. The van der Waals surface area contributed by atoms with E-state index in [0.29, 0.717) is 12.3 Å². The minimum atomic E-state index is 0.0785. The zero-order valence-corrected chi connectivity index (χ0v) is 7.91. The highest BCUT2D eigenvalue weighted by molar-refractivity contribution is 7.99. The zero-order valence-electron chi connectivity index (χ0n) is 7.09. The van der Waals surface area contributed by atoms with Gasteiger partial charge in [-0.15, -0.1) is 0 Å². The Hall–Kier alpha value is -0.220. The molecule has 0 saturated carbocycles. The van der Waals surface area contributed by atoms with Gasteiger partial charge in [0.25, 0.3) is 0 Å². The standard InChI is InChI=1S/C7H16N2OS/c1-3-6(4-8)9-7(10)5-11-2/h6H,3-5,8H2,1-2H3,(H,9,10). The van der Waals surface area contributed by atoms with Crippen molar-refractivity contribution in [2.75, 3.05) is 18.6 Å². The number of carbonyl (C=O) groups excluding carboxylic acids is 1. The van der Waals surface area contributed by atoms with Crippen molar-refractivity contribution in [3.05, 3.63) is 0 Å². The molecular weight excluding hydrogens is 160 g/mol. The molecule has 0 aliphatic heterocycles. The molecular formula is C7H16N2OS. The summed E-state index contributed by atoms with van der Waals surface area (Å²) in [5.74, 6) is 0.603. The van der Waals surface area contributed by atoms with Crippen LogP contribution in [0.4, 0.5) is 0 Å². The molecule has 3 nitrogen and oxygen atoms in total. The first kappa shape index (κ1) is 10.8. The lowest BCUT2D eigenvalue weighted by atomic mass is 10.2. The maximum Gasteiger partial charge on any atom is 0.230 e. The van der Waals surface area contributed by atoms with Gasteiger partial charge in [-0.3, -0.25) is 4.79 Å². The van der Waals surface area contributed by atoms with Gasteiger partial charge in [0.2, 0.25) is 5.91 Å². The van der Waals surface area contributed by atoms with Crippen LogP contribution in [0.25, 0.3) is 0 Å². The molecule has 1 amide bonds. The molecule has 0 aromatic carbocycles. The molecule has 3 N–H and O–H groups in total. The molecule has 0 fully saturated rings. The molecule has 1 unspecified atom stereocenters. The van der Waals surface area contributed by atoms with Crippen LogP contribution in [0, 0.1) is 0 Å². The number of carbonyl (C=O) groups is 1. The molecule has 0 heterocycles. The first-order chi connectivity index (χ1) is 5.24. The van der Waals surface area contributed by atoms with Gasteiger partial charge in [0.1, 0.15) is 0 Å². The molecule has 0 aliphatic rings. The molecule has 0 saturated heterocycles. The minimum absolute atomic E-state index is 0.0785. The van der Waals surface area contributed by atoms with Crippen LogP contribution in [0.3, 0.4) is 0 Å². The topological polar surface area (TPSA) is 55.1 Å². The summed E-state index contributed by atoms with van der Waals surface area (Å²) < 4.78 is 0. The van der Waals surface area contributed by atoms with Crippen molar-refractivity contribution in [1.29, 1.82) is 0 Å². The third-order valence-electron chi connectivity index (χ3n) is 1.42. The first-order valence-electron chi connectivity index (χ1n) is 3.73. The van der Waals surface area contributed by atoms with E-state index in [2.05, 4.69) is 5.32 Å². The van der Waals surface area contributed by atoms with Crippen LogP contribution in [0.2, 0.25) is 0 Å². The molecule has 1 atom stereocenters. The van der Waals surface area contributed by atoms with E-state index in [1.54, 1.807) is 0 Å². The van der Waals surface area contributed by atoms with Gasteiger partial charge in [-0.05, 0) is 12.7 Å². The van der Waals surface area contributed by atoms with Gasteiger partial charge < -0.3 is 11.1 Å². The molecule has 0 aromatic rings. The number of amides is 1. The summed E-state index contributed by atoms with van der Waals surface area (Å²) in [5.41, 5.74) is 5.41. The van der Waals surface area contributed by atoms with E-state index in [4.69, 9.17) is 5.73 Å². The fourth-order valence-electron chi connectivity index (χ4n) is 0.728. The summed E-state index contributed by atoms with van der Waals surface area (Å²) in [6.07, 6.45) is 2.81. The Morgan fingerprint density at radius 3 is 2.73 bits per heavy atom. The Labute approximate surface area is 72.1 Å². The number of rotatable bonds is 5. The number of nitrogens with one attached hydrogen (secondary N) is 1. The maximum atomic E-state index is 11.0. The van der Waals surface area contributed by atoms with Crippen LogP contribution >= 0.6 is 11.8 Å². The van der Waals surface area contributed by atoms with E-state index < -0.39 is 0 Å². The molecule has 0 aliphatic carbocycles. The van der Waals surface area contributed by atoms with Crippen molar-refractivity contribution in [3.8, 4) is 0 Å². The monoisotopic (exact) mass is 176 g/mol. The van der Waals surface area contributed by atoms with Crippen molar-refractivity contribution < 1.29 is 4.79 Å². The molecule has 66 valence electrons. The lowest BCUT2D eigenvalue weighted by molar-refractivity contribution is -0.119. The molecule has 0 spiro atoms. The lowest BCUT2D eigenvalue weighted by Gasteiger charge is -2.13. The number of hydrogen-bond donors (Lipinski definition) is 2. The van der Waals surface area contributed by atoms with Gasteiger partial charge in [0, 0.05) is 12.6 Å². The number of thioether (sulfide) groups is 1. The predicted molar refractivity (Wildman–Crippen MR) is 49.7 cm³/mol.